The molecule has 0 saturated carbocycles. The average Bonchev–Trinajstić information content (AvgIpc) is 2.99. The van der Waals surface area contributed by atoms with Crippen LogP contribution in [0.15, 0.2) is 53.0 Å². The Morgan fingerprint density at radius 1 is 1.24 bits per heavy atom. The Morgan fingerprint density at radius 3 is 2.68 bits per heavy atom. The van der Waals surface area contributed by atoms with Gasteiger partial charge in [0, 0.05) is 16.0 Å². The number of hydrogen-bond donors (Lipinski definition) is 1. The molecule has 3 aromatic carbocycles. The molecule has 3 aromatic rings. The molecule has 2 amide bonds. The van der Waals surface area contributed by atoms with Gasteiger partial charge in [-0.05, 0) is 47.5 Å². The van der Waals surface area contributed by atoms with Crippen LogP contribution >= 0.6 is 15.9 Å². The van der Waals surface area contributed by atoms with Crippen molar-refractivity contribution >= 4 is 44.2 Å². The van der Waals surface area contributed by atoms with Crippen molar-refractivity contribution in [3.63, 3.8) is 0 Å². The van der Waals surface area contributed by atoms with Crippen molar-refractivity contribution in [1.29, 1.82) is 0 Å². The largest absolute Gasteiger partial charge is 0.496 e. The van der Waals surface area contributed by atoms with Crippen LogP contribution in [-0.4, -0.2) is 31.6 Å². The lowest BCUT2D eigenvalue weighted by atomic mass is 10.0. The van der Waals surface area contributed by atoms with Gasteiger partial charge in [0.2, 0.25) is 5.91 Å². The zero-order chi connectivity index (χ0) is 26.9. The number of alkyl halides is 3. The van der Waals surface area contributed by atoms with Crippen LogP contribution < -0.4 is 19.7 Å². The molecule has 0 fully saturated rings. The highest BCUT2D eigenvalue weighted by molar-refractivity contribution is 9.10. The highest BCUT2D eigenvalue weighted by Gasteiger charge is 2.40. The number of nitrogens with zero attached hydrogens (tertiary/aromatic N) is 1. The molecule has 1 heterocycles. The summed E-state index contributed by atoms with van der Waals surface area (Å²) < 4.78 is 53.7. The molecule has 37 heavy (non-hydrogen) atoms. The standard InChI is InChI=1S/C27H26BrF3N2O4/c1-4-15(2)25(34)32-21-14-37-24-20(27(29,30)31)6-5-7-22(24)33(26(21)35)13-19-18-10-9-17(28)12-16(18)8-11-23(19)36-3/h5-12,15,21H,4,13-14H2,1-3H3,(H,32,34)/t15-,21+/m1/s1. The Labute approximate surface area is 220 Å². The van der Waals surface area contributed by atoms with E-state index in [-0.39, 0.29) is 24.1 Å². The van der Waals surface area contributed by atoms with E-state index in [0.717, 1.165) is 21.3 Å². The van der Waals surface area contributed by atoms with Gasteiger partial charge in [0.1, 0.15) is 18.4 Å². The molecular formula is C27H26BrF3N2O4. The smallest absolute Gasteiger partial charge is 0.420 e. The van der Waals surface area contributed by atoms with Crippen molar-refractivity contribution in [1.82, 2.24) is 5.32 Å². The van der Waals surface area contributed by atoms with E-state index in [9.17, 15) is 22.8 Å². The van der Waals surface area contributed by atoms with Crippen molar-refractivity contribution in [2.45, 2.75) is 39.0 Å². The van der Waals surface area contributed by atoms with E-state index in [1.165, 1.54) is 24.1 Å². The normalized spacial score (nSPS) is 16.6. The maximum Gasteiger partial charge on any atom is 0.420 e. The van der Waals surface area contributed by atoms with Crippen LogP contribution in [0.1, 0.15) is 31.4 Å². The molecule has 196 valence electrons. The Hall–Kier alpha value is -3.27. The van der Waals surface area contributed by atoms with E-state index in [0.29, 0.717) is 17.7 Å². The summed E-state index contributed by atoms with van der Waals surface area (Å²) in [5.74, 6) is -1.31. The number of methoxy groups -OCH3 is 1. The van der Waals surface area contributed by atoms with Crippen molar-refractivity contribution < 1.29 is 32.2 Å². The summed E-state index contributed by atoms with van der Waals surface area (Å²) in [7, 11) is 1.49. The summed E-state index contributed by atoms with van der Waals surface area (Å²) >= 11 is 3.45. The summed E-state index contributed by atoms with van der Waals surface area (Å²) in [4.78, 5) is 27.7. The minimum Gasteiger partial charge on any atom is -0.496 e. The SMILES string of the molecule is CC[C@@H](C)C(=O)N[C@H]1COc2c(cccc2C(F)(F)F)N(Cc2c(OC)ccc3cc(Br)ccc23)C1=O. The molecular weight excluding hydrogens is 553 g/mol. The number of amides is 2. The van der Waals surface area contributed by atoms with Crippen LogP contribution in [0.5, 0.6) is 11.5 Å². The summed E-state index contributed by atoms with van der Waals surface area (Å²) in [5, 5.41) is 4.30. The van der Waals surface area contributed by atoms with Gasteiger partial charge in [-0.15, -0.1) is 0 Å². The predicted molar refractivity (Wildman–Crippen MR) is 138 cm³/mol. The average molecular weight is 579 g/mol. The van der Waals surface area contributed by atoms with Crippen LogP contribution in [-0.2, 0) is 22.3 Å². The van der Waals surface area contributed by atoms with Crippen molar-refractivity contribution in [3.8, 4) is 11.5 Å². The first-order valence-corrected chi connectivity index (χ1v) is 12.5. The van der Waals surface area contributed by atoms with E-state index in [4.69, 9.17) is 9.47 Å². The lowest BCUT2D eigenvalue weighted by molar-refractivity contribution is -0.139. The fourth-order valence-corrected chi connectivity index (χ4v) is 4.66. The number of halogens is 4. The van der Waals surface area contributed by atoms with Crippen molar-refractivity contribution in [2.75, 3.05) is 18.6 Å². The Bertz CT molecular complexity index is 1350. The topological polar surface area (TPSA) is 67.9 Å². The summed E-state index contributed by atoms with van der Waals surface area (Å²) in [6, 6.07) is 11.6. The maximum absolute atomic E-state index is 13.9. The molecule has 1 aliphatic rings. The van der Waals surface area contributed by atoms with E-state index < -0.39 is 36.0 Å². The van der Waals surface area contributed by atoms with Gasteiger partial charge in [-0.2, -0.15) is 13.2 Å². The number of nitrogens with one attached hydrogen (secondary N) is 1. The molecule has 0 spiro atoms. The zero-order valence-electron chi connectivity index (χ0n) is 20.5. The highest BCUT2D eigenvalue weighted by atomic mass is 79.9. The molecule has 2 atom stereocenters. The highest BCUT2D eigenvalue weighted by Crippen LogP contribution is 2.44. The molecule has 1 N–H and O–H groups in total. The lowest BCUT2D eigenvalue weighted by Gasteiger charge is -2.27. The van der Waals surface area contributed by atoms with Gasteiger partial charge in [-0.3, -0.25) is 9.59 Å². The van der Waals surface area contributed by atoms with Crippen LogP contribution in [0.4, 0.5) is 18.9 Å². The third-order valence-electron chi connectivity index (χ3n) is 6.51. The number of carbonyl (C=O) groups excluding carboxylic acids is 2. The van der Waals surface area contributed by atoms with Crippen LogP contribution in [0.3, 0.4) is 0 Å². The van der Waals surface area contributed by atoms with E-state index in [1.54, 1.807) is 13.0 Å². The molecule has 6 nitrogen and oxygen atoms in total. The van der Waals surface area contributed by atoms with Gasteiger partial charge < -0.3 is 19.7 Å². The van der Waals surface area contributed by atoms with E-state index >= 15 is 0 Å². The molecule has 0 radical (unpaired) electrons. The lowest BCUT2D eigenvalue weighted by Crippen LogP contribution is -2.51. The molecule has 10 heteroatoms. The fraction of sp³-hybridized carbons (Fsp3) is 0.333. The molecule has 0 aromatic heterocycles. The summed E-state index contributed by atoms with van der Waals surface area (Å²) in [5.41, 5.74) is -0.417. The quantitative estimate of drug-likeness (QED) is 0.384. The number of carbonyl (C=O) groups is 2. The van der Waals surface area contributed by atoms with E-state index in [1.807, 2.05) is 31.2 Å². The zero-order valence-corrected chi connectivity index (χ0v) is 22.1. The third kappa shape index (κ3) is 5.39. The van der Waals surface area contributed by atoms with Crippen molar-refractivity contribution in [3.05, 3.63) is 64.1 Å². The Kier molecular flexibility index (Phi) is 7.68. The van der Waals surface area contributed by atoms with Gasteiger partial charge in [0.15, 0.2) is 5.75 Å². The monoisotopic (exact) mass is 578 g/mol. The molecule has 0 bridgehead atoms. The maximum atomic E-state index is 13.9. The first-order chi connectivity index (χ1) is 17.5. The second-order valence-corrected chi connectivity index (χ2v) is 9.78. The van der Waals surface area contributed by atoms with Crippen LogP contribution in [0, 0.1) is 5.92 Å². The fourth-order valence-electron chi connectivity index (χ4n) is 4.28. The minimum absolute atomic E-state index is 0.0312. The predicted octanol–water partition coefficient (Wildman–Crippen LogP) is 6.09. The first kappa shape index (κ1) is 26.8. The first-order valence-electron chi connectivity index (χ1n) is 11.7. The Balaban J connectivity index is 1.86. The molecule has 0 unspecified atom stereocenters. The van der Waals surface area contributed by atoms with E-state index in [2.05, 4.69) is 21.2 Å². The van der Waals surface area contributed by atoms with Gasteiger partial charge in [0.25, 0.3) is 5.91 Å². The number of hydrogen-bond acceptors (Lipinski definition) is 4. The molecule has 1 aliphatic heterocycles. The van der Waals surface area contributed by atoms with Crippen LogP contribution in [0.25, 0.3) is 10.8 Å². The number of anilines is 1. The Morgan fingerprint density at radius 2 is 2.00 bits per heavy atom. The minimum atomic E-state index is -4.71. The van der Waals surface area contributed by atoms with Gasteiger partial charge >= 0.3 is 6.18 Å². The third-order valence-corrected chi connectivity index (χ3v) is 7.01. The van der Waals surface area contributed by atoms with Gasteiger partial charge in [0.05, 0.1) is 24.9 Å². The number of fused-ring (bicyclic) bond motifs is 2. The molecule has 0 aliphatic carbocycles. The number of benzene rings is 3. The van der Waals surface area contributed by atoms with Crippen LogP contribution in [0.2, 0.25) is 0 Å². The van der Waals surface area contributed by atoms with Crippen molar-refractivity contribution in [2.24, 2.45) is 5.92 Å². The second-order valence-electron chi connectivity index (χ2n) is 8.87. The molecule has 0 saturated heterocycles. The molecule has 4 rings (SSSR count). The van der Waals surface area contributed by atoms with Gasteiger partial charge in [-0.25, -0.2) is 0 Å². The number of rotatable bonds is 6. The van der Waals surface area contributed by atoms with Gasteiger partial charge in [-0.1, -0.05) is 48.0 Å². The summed E-state index contributed by atoms with van der Waals surface area (Å²) in [6.45, 7) is 3.01. The number of para-hydroxylation sites is 1. The summed E-state index contributed by atoms with van der Waals surface area (Å²) in [6.07, 6.45) is -4.16. The second kappa shape index (κ2) is 10.6. The number of ether oxygens (including phenoxy) is 2.